The SMILES string of the molecule is O=C(NC1CCC1)c1ccc(C#CCCO)c(F)c1. The Morgan fingerprint density at radius 1 is 1.47 bits per heavy atom. The van der Waals surface area contributed by atoms with Crippen LogP contribution in [-0.4, -0.2) is 23.7 Å². The highest BCUT2D eigenvalue weighted by Gasteiger charge is 2.20. The van der Waals surface area contributed by atoms with E-state index in [4.69, 9.17) is 5.11 Å². The van der Waals surface area contributed by atoms with Crippen LogP contribution in [0.2, 0.25) is 0 Å². The molecule has 2 N–H and O–H groups in total. The summed E-state index contributed by atoms with van der Waals surface area (Å²) in [5.74, 6) is 4.53. The van der Waals surface area contributed by atoms with Crippen molar-refractivity contribution in [2.45, 2.75) is 31.7 Å². The van der Waals surface area contributed by atoms with Gasteiger partial charge in [-0.1, -0.05) is 11.8 Å². The van der Waals surface area contributed by atoms with Crippen LogP contribution in [0, 0.1) is 17.7 Å². The third-order valence-electron chi connectivity index (χ3n) is 3.13. The van der Waals surface area contributed by atoms with Crippen LogP contribution in [0.5, 0.6) is 0 Å². The van der Waals surface area contributed by atoms with Crippen molar-refractivity contribution in [1.82, 2.24) is 5.32 Å². The second-order valence-corrected chi connectivity index (χ2v) is 4.57. The fraction of sp³-hybridized carbons (Fsp3) is 0.400. The molecule has 0 spiro atoms. The molecule has 0 heterocycles. The summed E-state index contributed by atoms with van der Waals surface area (Å²) in [6.45, 7) is -0.0451. The van der Waals surface area contributed by atoms with Crippen molar-refractivity contribution < 1.29 is 14.3 Å². The van der Waals surface area contributed by atoms with Crippen LogP contribution in [0.25, 0.3) is 0 Å². The number of rotatable bonds is 3. The summed E-state index contributed by atoms with van der Waals surface area (Å²) in [6, 6.07) is 4.51. The fourth-order valence-electron chi connectivity index (χ4n) is 1.79. The number of benzene rings is 1. The zero-order valence-electron chi connectivity index (χ0n) is 10.6. The van der Waals surface area contributed by atoms with Crippen LogP contribution in [0.15, 0.2) is 18.2 Å². The molecule has 1 aromatic carbocycles. The smallest absolute Gasteiger partial charge is 0.251 e. The summed E-state index contributed by atoms with van der Waals surface area (Å²) in [7, 11) is 0. The Morgan fingerprint density at radius 2 is 2.26 bits per heavy atom. The predicted molar refractivity (Wildman–Crippen MR) is 70.1 cm³/mol. The third kappa shape index (κ3) is 3.55. The van der Waals surface area contributed by atoms with E-state index < -0.39 is 5.82 Å². The number of hydrogen-bond donors (Lipinski definition) is 2. The lowest BCUT2D eigenvalue weighted by molar-refractivity contribution is 0.0916. The molecule has 1 saturated carbocycles. The number of aliphatic hydroxyl groups excluding tert-OH is 1. The minimum absolute atomic E-state index is 0.0451. The highest BCUT2D eigenvalue weighted by Crippen LogP contribution is 2.19. The summed E-state index contributed by atoms with van der Waals surface area (Å²) >= 11 is 0. The van der Waals surface area contributed by atoms with Crippen molar-refractivity contribution >= 4 is 5.91 Å². The molecule has 1 amide bonds. The summed E-state index contributed by atoms with van der Waals surface area (Å²) in [5.41, 5.74) is 0.561. The Kier molecular flexibility index (Phi) is 4.53. The first kappa shape index (κ1) is 13.6. The Morgan fingerprint density at radius 3 is 2.84 bits per heavy atom. The van der Waals surface area contributed by atoms with Gasteiger partial charge >= 0.3 is 0 Å². The van der Waals surface area contributed by atoms with E-state index in [9.17, 15) is 9.18 Å². The normalized spacial score (nSPS) is 14.2. The number of nitrogens with one attached hydrogen (secondary N) is 1. The van der Waals surface area contributed by atoms with Gasteiger partial charge in [0.15, 0.2) is 0 Å². The van der Waals surface area contributed by atoms with Crippen molar-refractivity contribution in [3.8, 4) is 11.8 Å². The van der Waals surface area contributed by atoms with Crippen LogP contribution in [0.3, 0.4) is 0 Å². The van der Waals surface area contributed by atoms with Gasteiger partial charge in [-0.2, -0.15) is 0 Å². The summed E-state index contributed by atoms with van der Waals surface area (Å²) in [6.07, 6.45) is 3.44. The van der Waals surface area contributed by atoms with Gasteiger partial charge < -0.3 is 10.4 Å². The van der Waals surface area contributed by atoms with Gasteiger partial charge in [-0.3, -0.25) is 4.79 Å². The predicted octanol–water partition coefficient (Wildman–Crippen LogP) is 1.84. The minimum atomic E-state index is -0.508. The first-order chi connectivity index (χ1) is 9.20. The average Bonchev–Trinajstić information content (AvgIpc) is 2.35. The Labute approximate surface area is 111 Å². The van der Waals surface area contributed by atoms with Crippen LogP contribution >= 0.6 is 0 Å². The zero-order valence-corrected chi connectivity index (χ0v) is 10.6. The van der Waals surface area contributed by atoms with Gasteiger partial charge in [-0.25, -0.2) is 4.39 Å². The summed E-state index contributed by atoms with van der Waals surface area (Å²) in [5, 5.41) is 11.5. The lowest BCUT2D eigenvalue weighted by atomic mass is 9.93. The molecule has 0 atom stereocenters. The van der Waals surface area contributed by atoms with Gasteiger partial charge in [-0.15, -0.1) is 0 Å². The molecule has 4 heteroatoms. The lowest BCUT2D eigenvalue weighted by Gasteiger charge is -2.26. The molecule has 0 radical (unpaired) electrons. The molecule has 3 nitrogen and oxygen atoms in total. The van der Waals surface area contributed by atoms with E-state index in [-0.39, 0.29) is 24.1 Å². The van der Waals surface area contributed by atoms with E-state index in [2.05, 4.69) is 17.2 Å². The number of carbonyl (C=O) groups is 1. The molecule has 100 valence electrons. The van der Waals surface area contributed by atoms with E-state index >= 15 is 0 Å². The topological polar surface area (TPSA) is 49.3 Å². The maximum atomic E-state index is 13.7. The molecule has 2 rings (SSSR count). The monoisotopic (exact) mass is 261 g/mol. The lowest BCUT2D eigenvalue weighted by Crippen LogP contribution is -2.39. The maximum absolute atomic E-state index is 13.7. The van der Waals surface area contributed by atoms with Crippen molar-refractivity contribution in [2.24, 2.45) is 0 Å². The molecular formula is C15H16FNO2. The van der Waals surface area contributed by atoms with Gasteiger partial charge in [-0.05, 0) is 37.5 Å². The number of hydrogen-bond acceptors (Lipinski definition) is 2. The molecule has 1 fully saturated rings. The molecule has 0 unspecified atom stereocenters. The van der Waals surface area contributed by atoms with Gasteiger partial charge in [0.1, 0.15) is 5.82 Å². The van der Waals surface area contributed by atoms with Crippen molar-refractivity contribution in [3.63, 3.8) is 0 Å². The molecule has 0 saturated heterocycles. The largest absolute Gasteiger partial charge is 0.395 e. The molecular weight excluding hydrogens is 245 g/mol. The van der Waals surface area contributed by atoms with E-state index in [0.717, 1.165) is 19.3 Å². The van der Waals surface area contributed by atoms with E-state index in [1.165, 1.54) is 12.1 Å². The van der Waals surface area contributed by atoms with Gasteiger partial charge in [0.25, 0.3) is 5.91 Å². The molecule has 1 aliphatic carbocycles. The first-order valence-electron chi connectivity index (χ1n) is 6.41. The maximum Gasteiger partial charge on any atom is 0.251 e. The van der Waals surface area contributed by atoms with Gasteiger partial charge in [0.2, 0.25) is 0 Å². The zero-order chi connectivity index (χ0) is 13.7. The van der Waals surface area contributed by atoms with Crippen LogP contribution in [0.4, 0.5) is 4.39 Å². The number of amides is 1. The van der Waals surface area contributed by atoms with E-state index in [0.29, 0.717) is 12.0 Å². The Bertz CT molecular complexity index is 527. The van der Waals surface area contributed by atoms with Crippen LogP contribution < -0.4 is 5.32 Å². The molecule has 0 aromatic heterocycles. The average molecular weight is 261 g/mol. The Hall–Kier alpha value is -1.86. The highest BCUT2D eigenvalue weighted by molar-refractivity contribution is 5.94. The number of aliphatic hydroxyl groups is 1. The minimum Gasteiger partial charge on any atom is -0.395 e. The second kappa shape index (κ2) is 6.35. The van der Waals surface area contributed by atoms with E-state index in [1.807, 2.05) is 0 Å². The number of halogens is 1. The quantitative estimate of drug-likeness (QED) is 0.816. The molecule has 1 aromatic rings. The van der Waals surface area contributed by atoms with Gasteiger partial charge in [0.05, 0.1) is 12.2 Å². The highest BCUT2D eigenvalue weighted by atomic mass is 19.1. The van der Waals surface area contributed by atoms with E-state index in [1.54, 1.807) is 6.07 Å². The standard InChI is InChI=1S/C15H16FNO2/c16-14-10-12(15(19)17-13-5-3-6-13)8-7-11(14)4-1-2-9-18/h7-8,10,13,18H,2-3,5-6,9H2,(H,17,19). The van der Waals surface area contributed by atoms with Crippen molar-refractivity contribution in [1.29, 1.82) is 0 Å². The second-order valence-electron chi connectivity index (χ2n) is 4.57. The molecule has 0 bridgehead atoms. The Balaban J connectivity index is 2.05. The first-order valence-corrected chi connectivity index (χ1v) is 6.41. The van der Waals surface area contributed by atoms with Crippen LogP contribution in [0.1, 0.15) is 41.6 Å². The summed E-state index contributed by atoms with van der Waals surface area (Å²) < 4.78 is 13.7. The fourth-order valence-corrected chi connectivity index (χ4v) is 1.79. The summed E-state index contributed by atoms with van der Waals surface area (Å²) in [4.78, 5) is 11.8. The van der Waals surface area contributed by atoms with Crippen LogP contribution in [-0.2, 0) is 0 Å². The number of carbonyl (C=O) groups excluding carboxylic acids is 1. The van der Waals surface area contributed by atoms with Crippen molar-refractivity contribution in [2.75, 3.05) is 6.61 Å². The molecule has 0 aliphatic heterocycles. The molecule has 1 aliphatic rings. The van der Waals surface area contributed by atoms with Crippen molar-refractivity contribution in [3.05, 3.63) is 35.1 Å². The third-order valence-corrected chi connectivity index (χ3v) is 3.13. The molecule has 19 heavy (non-hydrogen) atoms. The van der Waals surface area contributed by atoms with Gasteiger partial charge in [0, 0.05) is 18.0 Å².